The molecule has 0 atom stereocenters. The molecule has 1 radical (unpaired) electrons. The van der Waals surface area contributed by atoms with Crippen LogP contribution in [0.5, 0.6) is 5.75 Å². The van der Waals surface area contributed by atoms with E-state index in [2.05, 4.69) is 52.1 Å². The summed E-state index contributed by atoms with van der Waals surface area (Å²) in [6.07, 6.45) is 0.770. The van der Waals surface area contributed by atoms with Gasteiger partial charge in [-0.3, -0.25) is 0 Å². The number of phenols is 1. The van der Waals surface area contributed by atoms with Gasteiger partial charge in [-0.1, -0.05) is 0 Å². The molecule has 0 aliphatic heterocycles. The molecule has 1 nitrogen and oxygen atoms in total. The molecule has 0 spiro atoms. The third-order valence-corrected chi connectivity index (χ3v) is 3.01. The van der Waals surface area contributed by atoms with Gasteiger partial charge in [0.05, 0.1) is 7.14 Å². The predicted molar refractivity (Wildman–Crippen MR) is 62.6 cm³/mol. The Balaban J connectivity index is 3.21. The lowest BCUT2D eigenvalue weighted by atomic mass is 10.2. The van der Waals surface area contributed by atoms with Crippen LogP contribution in [0.2, 0.25) is 0 Å². The fraction of sp³-hybridized carbons (Fsp3) is 0.125. The van der Waals surface area contributed by atoms with E-state index in [9.17, 15) is 5.11 Å². The fourth-order valence-electron chi connectivity index (χ4n) is 0.762. The summed E-state index contributed by atoms with van der Waals surface area (Å²) in [5, 5.41) is 9.39. The number of rotatable bonds is 1. The summed E-state index contributed by atoms with van der Waals surface area (Å²) < 4.78 is 1.79. The summed E-state index contributed by atoms with van der Waals surface area (Å²) >= 11 is 4.23. The molecule has 1 aromatic rings. The fourth-order valence-corrected chi connectivity index (χ4v) is 2.66. The zero-order chi connectivity index (χ0) is 8.43. The Hall–Kier alpha value is 0.480. The lowest BCUT2D eigenvalue weighted by molar-refractivity contribution is 0.467. The highest BCUT2D eigenvalue weighted by Crippen LogP contribution is 2.27. The summed E-state index contributed by atoms with van der Waals surface area (Å²) in [6.45, 7) is 3.78. The molecule has 11 heavy (non-hydrogen) atoms. The van der Waals surface area contributed by atoms with Gasteiger partial charge >= 0.3 is 0 Å². The summed E-state index contributed by atoms with van der Waals surface area (Å²) in [5.41, 5.74) is 1.16. The molecule has 0 aliphatic carbocycles. The van der Waals surface area contributed by atoms with Gasteiger partial charge < -0.3 is 5.11 Å². The first-order valence-electron chi connectivity index (χ1n) is 3.11. The lowest BCUT2D eigenvalue weighted by Crippen LogP contribution is -1.85. The highest BCUT2D eigenvalue weighted by molar-refractivity contribution is 14.1. The molecule has 3 heteroatoms. The van der Waals surface area contributed by atoms with E-state index in [4.69, 9.17) is 0 Å². The van der Waals surface area contributed by atoms with Crippen LogP contribution in [0.25, 0.3) is 0 Å². The zero-order valence-corrected chi connectivity index (χ0v) is 10.1. The summed E-state index contributed by atoms with van der Waals surface area (Å²) in [4.78, 5) is 0. The van der Waals surface area contributed by atoms with Gasteiger partial charge in [-0.05, 0) is 76.2 Å². The highest BCUT2D eigenvalue weighted by Gasteiger charge is 2.03. The van der Waals surface area contributed by atoms with Crippen molar-refractivity contribution >= 4 is 45.2 Å². The van der Waals surface area contributed by atoms with Crippen LogP contribution in [0.4, 0.5) is 0 Å². The van der Waals surface area contributed by atoms with Crippen molar-refractivity contribution in [3.63, 3.8) is 0 Å². The third-order valence-electron chi connectivity index (χ3n) is 1.37. The van der Waals surface area contributed by atoms with E-state index >= 15 is 0 Å². The molecular weight excluding hydrogens is 366 g/mol. The molecule has 0 amide bonds. The van der Waals surface area contributed by atoms with Crippen LogP contribution < -0.4 is 0 Å². The normalized spacial score (nSPS) is 10.1. The van der Waals surface area contributed by atoms with Crippen molar-refractivity contribution in [3.05, 3.63) is 31.8 Å². The zero-order valence-electron chi connectivity index (χ0n) is 5.77. The molecule has 0 fully saturated rings. The van der Waals surface area contributed by atoms with E-state index in [0.29, 0.717) is 5.75 Å². The molecule has 1 aromatic carbocycles. The van der Waals surface area contributed by atoms with E-state index in [1.807, 2.05) is 12.1 Å². The molecule has 0 heterocycles. The Morgan fingerprint density at radius 3 is 2.09 bits per heavy atom. The standard InChI is InChI=1S/C8H7I2O/c1-2-5-3-6(9)8(11)7(10)4-5/h3-4,11H,1-2H2. The Labute approximate surface area is 93.5 Å². The van der Waals surface area contributed by atoms with Crippen LogP contribution >= 0.6 is 45.2 Å². The minimum absolute atomic E-state index is 0.378. The van der Waals surface area contributed by atoms with Crippen molar-refractivity contribution in [2.45, 2.75) is 6.42 Å². The molecule has 59 valence electrons. The summed E-state index contributed by atoms with van der Waals surface area (Å²) in [5.74, 6) is 0.378. The van der Waals surface area contributed by atoms with Crippen molar-refractivity contribution in [1.82, 2.24) is 0 Å². The Kier molecular flexibility index (Phi) is 3.42. The number of hydrogen-bond donors (Lipinski definition) is 1. The topological polar surface area (TPSA) is 20.2 Å². The average Bonchev–Trinajstić information content (AvgIpc) is 1.99. The Morgan fingerprint density at radius 2 is 1.73 bits per heavy atom. The minimum atomic E-state index is 0.378. The second-order valence-electron chi connectivity index (χ2n) is 2.16. The predicted octanol–water partition coefficient (Wildman–Crippen LogP) is 2.98. The van der Waals surface area contributed by atoms with E-state index in [-0.39, 0.29) is 0 Å². The van der Waals surface area contributed by atoms with Crippen molar-refractivity contribution in [2.24, 2.45) is 0 Å². The van der Waals surface area contributed by atoms with E-state index in [1.54, 1.807) is 0 Å². The van der Waals surface area contributed by atoms with Gasteiger partial charge in [0.25, 0.3) is 0 Å². The molecular formula is C8H7I2O. The highest BCUT2D eigenvalue weighted by atomic mass is 127. The summed E-state index contributed by atoms with van der Waals surface area (Å²) in [7, 11) is 0. The number of aromatic hydroxyl groups is 1. The van der Waals surface area contributed by atoms with Gasteiger partial charge in [-0.15, -0.1) is 0 Å². The molecule has 0 aromatic heterocycles. The van der Waals surface area contributed by atoms with Crippen LogP contribution in [0.15, 0.2) is 12.1 Å². The maximum atomic E-state index is 9.39. The SMILES string of the molecule is [CH2]Cc1cc(I)c(O)c(I)c1. The minimum Gasteiger partial charge on any atom is -0.506 e. The molecule has 1 rings (SSSR count). The van der Waals surface area contributed by atoms with Crippen LogP contribution in [0, 0.1) is 14.1 Å². The second kappa shape index (κ2) is 3.93. The maximum Gasteiger partial charge on any atom is 0.142 e. The van der Waals surface area contributed by atoms with Crippen LogP contribution in [-0.2, 0) is 6.42 Å². The molecule has 0 bridgehead atoms. The molecule has 0 saturated heterocycles. The van der Waals surface area contributed by atoms with Crippen molar-refractivity contribution < 1.29 is 5.11 Å². The molecule has 1 N–H and O–H groups in total. The summed E-state index contributed by atoms with van der Waals surface area (Å²) in [6, 6.07) is 3.90. The molecule has 0 aliphatic rings. The van der Waals surface area contributed by atoms with Gasteiger partial charge in [-0.2, -0.15) is 0 Å². The van der Waals surface area contributed by atoms with Crippen LogP contribution in [0.3, 0.4) is 0 Å². The lowest BCUT2D eigenvalue weighted by Gasteiger charge is -2.02. The number of hydrogen-bond acceptors (Lipinski definition) is 1. The van der Waals surface area contributed by atoms with Gasteiger partial charge in [-0.25, -0.2) is 0 Å². The molecule has 0 unspecified atom stereocenters. The number of benzene rings is 1. The first kappa shape index (κ1) is 9.57. The van der Waals surface area contributed by atoms with Gasteiger partial charge in [0, 0.05) is 0 Å². The van der Waals surface area contributed by atoms with E-state index in [0.717, 1.165) is 19.1 Å². The second-order valence-corrected chi connectivity index (χ2v) is 4.48. The van der Waals surface area contributed by atoms with Gasteiger partial charge in [0.15, 0.2) is 0 Å². The van der Waals surface area contributed by atoms with E-state index in [1.165, 1.54) is 0 Å². The number of halogens is 2. The Morgan fingerprint density at radius 1 is 1.27 bits per heavy atom. The third kappa shape index (κ3) is 2.21. The Bertz CT molecular complexity index is 248. The van der Waals surface area contributed by atoms with Crippen molar-refractivity contribution in [2.75, 3.05) is 0 Å². The van der Waals surface area contributed by atoms with Crippen LogP contribution in [0.1, 0.15) is 5.56 Å². The average molecular weight is 373 g/mol. The largest absolute Gasteiger partial charge is 0.506 e. The first-order chi connectivity index (χ1) is 5.15. The number of phenolic OH excluding ortho intramolecular Hbond substituents is 1. The monoisotopic (exact) mass is 373 g/mol. The maximum absolute atomic E-state index is 9.39. The smallest absolute Gasteiger partial charge is 0.142 e. The van der Waals surface area contributed by atoms with E-state index < -0.39 is 0 Å². The van der Waals surface area contributed by atoms with Gasteiger partial charge in [0.1, 0.15) is 5.75 Å². The van der Waals surface area contributed by atoms with Gasteiger partial charge in [0.2, 0.25) is 0 Å². The molecule has 0 saturated carbocycles. The van der Waals surface area contributed by atoms with Crippen molar-refractivity contribution in [3.8, 4) is 5.75 Å². The first-order valence-corrected chi connectivity index (χ1v) is 5.27. The quantitative estimate of drug-likeness (QED) is 0.751. The van der Waals surface area contributed by atoms with Crippen molar-refractivity contribution in [1.29, 1.82) is 0 Å². The van der Waals surface area contributed by atoms with Crippen LogP contribution in [-0.4, -0.2) is 5.11 Å².